The quantitative estimate of drug-likeness (QED) is 0.669. The van der Waals surface area contributed by atoms with E-state index < -0.39 is 5.97 Å². The number of carboxylic acid groups (broad SMARTS) is 1. The molecule has 0 amide bonds. The number of allylic oxidation sites excluding steroid dienone is 1. The highest BCUT2D eigenvalue weighted by molar-refractivity contribution is 5.68. The van der Waals surface area contributed by atoms with Crippen molar-refractivity contribution in [3.63, 3.8) is 0 Å². The van der Waals surface area contributed by atoms with Crippen molar-refractivity contribution in [2.75, 3.05) is 6.54 Å². The number of rotatable bonds is 3. The second kappa shape index (κ2) is 3.09. The van der Waals surface area contributed by atoms with Crippen LogP contribution in [0.25, 0.3) is 0 Å². The lowest BCUT2D eigenvalue weighted by Crippen LogP contribution is -2.51. The Morgan fingerprint density at radius 2 is 2.36 bits per heavy atom. The van der Waals surface area contributed by atoms with E-state index in [-0.39, 0.29) is 11.8 Å². The molecular weight excluding hydrogens is 178 g/mol. The Morgan fingerprint density at radius 3 is 2.86 bits per heavy atom. The molecule has 0 heterocycles. The first-order chi connectivity index (χ1) is 6.57. The first-order valence-electron chi connectivity index (χ1n) is 5.16. The molecule has 78 valence electrons. The van der Waals surface area contributed by atoms with Gasteiger partial charge in [0.05, 0.1) is 6.42 Å². The average Bonchev–Trinajstić information content (AvgIpc) is 2.39. The van der Waals surface area contributed by atoms with Gasteiger partial charge < -0.3 is 10.8 Å². The minimum absolute atomic E-state index is 0.115. The smallest absolute Gasteiger partial charge is 0.303 e. The third-order valence-electron chi connectivity index (χ3n) is 3.99. The van der Waals surface area contributed by atoms with E-state index in [1.165, 1.54) is 5.57 Å². The Balaban J connectivity index is 2.09. The largest absolute Gasteiger partial charge is 0.481 e. The normalized spacial score (nSPS) is 40.5. The van der Waals surface area contributed by atoms with E-state index >= 15 is 0 Å². The van der Waals surface area contributed by atoms with Gasteiger partial charge in [-0.1, -0.05) is 12.2 Å². The molecule has 0 saturated heterocycles. The molecule has 0 bridgehead atoms. The van der Waals surface area contributed by atoms with Gasteiger partial charge in [0.2, 0.25) is 0 Å². The van der Waals surface area contributed by atoms with Crippen LogP contribution in [-0.4, -0.2) is 17.6 Å². The summed E-state index contributed by atoms with van der Waals surface area (Å²) in [6.45, 7) is 4.49. The number of nitrogens with two attached hydrogens (primary N) is 1. The van der Waals surface area contributed by atoms with E-state index in [1.807, 2.05) is 0 Å². The van der Waals surface area contributed by atoms with Gasteiger partial charge in [-0.25, -0.2) is 0 Å². The summed E-state index contributed by atoms with van der Waals surface area (Å²) in [5.41, 5.74) is 6.89. The average molecular weight is 195 g/mol. The zero-order valence-electron chi connectivity index (χ0n) is 8.33. The number of hydrogen-bond donors (Lipinski definition) is 2. The molecular formula is C11H17NO2. The van der Waals surface area contributed by atoms with Gasteiger partial charge in [0.25, 0.3) is 0 Å². The molecule has 0 aliphatic heterocycles. The van der Waals surface area contributed by atoms with E-state index in [1.54, 1.807) is 0 Å². The minimum Gasteiger partial charge on any atom is -0.481 e. The van der Waals surface area contributed by atoms with Crippen LogP contribution in [0.5, 0.6) is 0 Å². The third-order valence-corrected chi connectivity index (χ3v) is 3.99. The van der Waals surface area contributed by atoms with Crippen LogP contribution in [0, 0.1) is 17.3 Å². The third kappa shape index (κ3) is 1.27. The van der Waals surface area contributed by atoms with Crippen LogP contribution in [-0.2, 0) is 4.79 Å². The van der Waals surface area contributed by atoms with Crippen molar-refractivity contribution in [3.8, 4) is 0 Å². The van der Waals surface area contributed by atoms with Crippen molar-refractivity contribution in [2.45, 2.75) is 25.7 Å². The Bertz CT molecular complexity index is 287. The van der Waals surface area contributed by atoms with Crippen molar-refractivity contribution in [1.82, 2.24) is 0 Å². The summed E-state index contributed by atoms with van der Waals surface area (Å²) in [6, 6.07) is 0. The minimum atomic E-state index is -0.716. The van der Waals surface area contributed by atoms with Crippen LogP contribution in [0.4, 0.5) is 0 Å². The SMILES string of the molecule is C=C1C[C@H]2C[C@@](CN)(CC(=O)O)[C@H]2C1. The van der Waals surface area contributed by atoms with E-state index in [9.17, 15) is 4.79 Å². The maximum Gasteiger partial charge on any atom is 0.303 e. The van der Waals surface area contributed by atoms with E-state index in [0.29, 0.717) is 18.4 Å². The molecule has 3 N–H and O–H groups in total. The summed E-state index contributed by atoms with van der Waals surface area (Å²) in [7, 11) is 0. The van der Waals surface area contributed by atoms with E-state index in [2.05, 4.69) is 6.58 Å². The highest BCUT2D eigenvalue weighted by atomic mass is 16.4. The number of hydrogen-bond acceptors (Lipinski definition) is 2. The Morgan fingerprint density at radius 1 is 1.64 bits per heavy atom. The fraction of sp³-hybridized carbons (Fsp3) is 0.727. The van der Waals surface area contributed by atoms with Gasteiger partial charge in [0.1, 0.15) is 0 Å². The highest BCUT2D eigenvalue weighted by Gasteiger charge is 2.55. The van der Waals surface area contributed by atoms with Crippen molar-refractivity contribution in [2.24, 2.45) is 23.0 Å². The van der Waals surface area contributed by atoms with Gasteiger partial charge in [-0.2, -0.15) is 0 Å². The van der Waals surface area contributed by atoms with Gasteiger partial charge in [-0.05, 0) is 43.1 Å². The van der Waals surface area contributed by atoms with Crippen LogP contribution in [0.3, 0.4) is 0 Å². The van der Waals surface area contributed by atoms with E-state index in [0.717, 1.165) is 19.3 Å². The summed E-state index contributed by atoms with van der Waals surface area (Å²) in [5.74, 6) is 0.452. The molecule has 2 saturated carbocycles. The van der Waals surface area contributed by atoms with Gasteiger partial charge in [-0.3, -0.25) is 4.79 Å². The van der Waals surface area contributed by atoms with Gasteiger partial charge in [0, 0.05) is 0 Å². The molecule has 2 fully saturated rings. The summed E-state index contributed by atoms with van der Waals surface area (Å²) < 4.78 is 0. The van der Waals surface area contributed by atoms with Gasteiger partial charge >= 0.3 is 5.97 Å². The van der Waals surface area contributed by atoms with Crippen LogP contribution in [0.2, 0.25) is 0 Å². The maximum atomic E-state index is 10.8. The molecule has 3 atom stereocenters. The van der Waals surface area contributed by atoms with Crippen LogP contribution < -0.4 is 5.73 Å². The van der Waals surface area contributed by atoms with Crippen LogP contribution in [0.15, 0.2) is 12.2 Å². The molecule has 14 heavy (non-hydrogen) atoms. The Kier molecular flexibility index (Phi) is 2.14. The van der Waals surface area contributed by atoms with Crippen molar-refractivity contribution >= 4 is 5.97 Å². The molecule has 2 aliphatic rings. The standard InChI is InChI=1S/C11H17NO2/c1-7-2-8-4-11(6-12,5-10(13)14)9(8)3-7/h8-9H,1-6,12H2,(H,13,14)/t8-,9-,11-/m0/s1. The second-order valence-electron chi connectivity index (χ2n) is 4.87. The zero-order chi connectivity index (χ0) is 10.3. The molecule has 0 spiro atoms. The first kappa shape index (κ1) is 9.71. The van der Waals surface area contributed by atoms with Crippen molar-refractivity contribution in [3.05, 3.63) is 12.2 Å². The predicted octanol–water partition coefficient (Wildman–Crippen LogP) is 1.39. The lowest BCUT2D eigenvalue weighted by Gasteiger charge is -2.51. The molecule has 2 aliphatic carbocycles. The molecule has 0 aromatic heterocycles. The first-order valence-corrected chi connectivity index (χ1v) is 5.16. The number of carbonyl (C=O) groups is 1. The lowest BCUT2D eigenvalue weighted by molar-refractivity contribution is -0.145. The molecule has 2 rings (SSSR count). The number of aliphatic carboxylic acids is 1. The fourth-order valence-electron chi connectivity index (χ4n) is 3.33. The second-order valence-corrected chi connectivity index (χ2v) is 4.87. The Labute approximate surface area is 84.0 Å². The summed E-state index contributed by atoms with van der Waals surface area (Å²) in [6.07, 6.45) is 3.30. The molecule has 3 nitrogen and oxygen atoms in total. The van der Waals surface area contributed by atoms with Crippen molar-refractivity contribution < 1.29 is 9.90 Å². The summed E-state index contributed by atoms with van der Waals surface area (Å²) in [5, 5.41) is 8.85. The van der Waals surface area contributed by atoms with Gasteiger partial charge in [-0.15, -0.1) is 0 Å². The van der Waals surface area contributed by atoms with Crippen molar-refractivity contribution in [1.29, 1.82) is 0 Å². The van der Waals surface area contributed by atoms with Gasteiger partial charge in [0.15, 0.2) is 0 Å². The summed E-state index contributed by atoms with van der Waals surface area (Å²) >= 11 is 0. The Hall–Kier alpha value is -0.830. The highest BCUT2D eigenvalue weighted by Crippen LogP contribution is 2.61. The lowest BCUT2D eigenvalue weighted by atomic mass is 9.53. The van der Waals surface area contributed by atoms with Crippen LogP contribution >= 0.6 is 0 Å². The predicted molar refractivity (Wildman–Crippen MR) is 53.7 cm³/mol. The fourth-order valence-corrected chi connectivity index (χ4v) is 3.33. The van der Waals surface area contributed by atoms with E-state index in [4.69, 9.17) is 10.8 Å². The number of fused-ring (bicyclic) bond motifs is 1. The topological polar surface area (TPSA) is 63.3 Å². The number of carboxylic acids is 1. The maximum absolute atomic E-state index is 10.8. The monoisotopic (exact) mass is 195 g/mol. The molecule has 3 heteroatoms. The molecule has 0 aromatic rings. The molecule has 0 aromatic carbocycles. The van der Waals surface area contributed by atoms with Crippen LogP contribution in [0.1, 0.15) is 25.7 Å². The zero-order valence-corrected chi connectivity index (χ0v) is 8.33. The molecule has 0 unspecified atom stereocenters. The molecule has 0 radical (unpaired) electrons. The summed E-state index contributed by atoms with van der Waals surface area (Å²) in [4.78, 5) is 10.8.